The maximum atomic E-state index is 12.1. The zero-order chi connectivity index (χ0) is 15.5. The van der Waals surface area contributed by atoms with E-state index < -0.39 is 11.9 Å². The Morgan fingerprint density at radius 2 is 1.95 bits per heavy atom. The van der Waals surface area contributed by atoms with Crippen molar-refractivity contribution in [1.29, 1.82) is 0 Å². The van der Waals surface area contributed by atoms with Gasteiger partial charge in [-0.05, 0) is 6.42 Å². The predicted octanol–water partition coefficient (Wildman–Crippen LogP) is 0.914. The van der Waals surface area contributed by atoms with Crippen LogP contribution in [0.4, 0.5) is 0 Å². The van der Waals surface area contributed by atoms with Crippen LogP contribution >= 0.6 is 0 Å². The van der Waals surface area contributed by atoms with Crippen molar-refractivity contribution in [3.63, 3.8) is 0 Å². The molecule has 1 amide bonds. The second-order valence-electron chi connectivity index (χ2n) is 5.14. The summed E-state index contributed by atoms with van der Waals surface area (Å²) in [5.74, 6) is -1.33. The highest BCUT2D eigenvalue weighted by Crippen LogP contribution is 2.02. The number of carboxylic acid groups (broad SMARTS) is 1. The van der Waals surface area contributed by atoms with E-state index in [1.807, 2.05) is 4.90 Å². The molecule has 0 fully saturated rings. The average Bonchev–Trinajstić information content (AvgIpc) is 2.41. The molecule has 1 N–H and O–H groups in total. The number of nitrogens with zero attached hydrogens (tertiary/aromatic N) is 2. The van der Waals surface area contributed by atoms with E-state index in [4.69, 9.17) is 9.84 Å². The van der Waals surface area contributed by atoms with Crippen LogP contribution < -0.4 is 0 Å². The summed E-state index contributed by atoms with van der Waals surface area (Å²) in [4.78, 5) is 26.5. The van der Waals surface area contributed by atoms with Crippen molar-refractivity contribution in [2.45, 2.75) is 26.7 Å². The molecule has 1 unspecified atom stereocenters. The minimum Gasteiger partial charge on any atom is -0.481 e. The molecule has 0 aliphatic carbocycles. The predicted molar refractivity (Wildman–Crippen MR) is 77.7 cm³/mol. The van der Waals surface area contributed by atoms with Gasteiger partial charge in [0.15, 0.2) is 0 Å². The molecular weight excluding hydrogens is 260 g/mol. The number of hydrogen-bond acceptors (Lipinski definition) is 4. The molecule has 0 aliphatic heterocycles. The van der Waals surface area contributed by atoms with Gasteiger partial charge in [-0.15, -0.1) is 0 Å². The molecule has 0 saturated carbocycles. The molecule has 0 heterocycles. The van der Waals surface area contributed by atoms with Gasteiger partial charge in [-0.2, -0.15) is 0 Å². The maximum absolute atomic E-state index is 12.1. The number of rotatable bonds is 11. The van der Waals surface area contributed by atoms with Gasteiger partial charge in [-0.3, -0.25) is 14.5 Å². The summed E-state index contributed by atoms with van der Waals surface area (Å²) in [5.41, 5.74) is 0. The van der Waals surface area contributed by atoms with Gasteiger partial charge >= 0.3 is 5.97 Å². The van der Waals surface area contributed by atoms with Crippen molar-refractivity contribution in [2.24, 2.45) is 5.92 Å². The molecule has 0 radical (unpaired) electrons. The van der Waals surface area contributed by atoms with Crippen LogP contribution in [0.15, 0.2) is 0 Å². The molecular formula is C14H28N2O4. The van der Waals surface area contributed by atoms with E-state index in [-0.39, 0.29) is 12.5 Å². The molecule has 0 aliphatic rings. The lowest BCUT2D eigenvalue weighted by Gasteiger charge is -2.26. The standard InChI is InChI=1S/C14H28N2O4/c1-5-6-7-15(3)13(17)11-16(8-9-20-4)10-12(2)14(18)19/h12H,5-11H2,1-4H3,(H,18,19). The molecule has 0 spiro atoms. The molecule has 1 atom stereocenters. The number of aliphatic carboxylic acids is 1. The molecule has 6 heteroatoms. The van der Waals surface area contributed by atoms with Crippen LogP contribution in [0, 0.1) is 5.92 Å². The highest BCUT2D eigenvalue weighted by atomic mass is 16.5. The summed E-state index contributed by atoms with van der Waals surface area (Å²) in [6.07, 6.45) is 2.02. The van der Waals surface area contributed by atoms with Crippen LogP contribution in [0.5, 0.6) is 0 Å². The van der Waals surface area contributed by atoms with Crippen molar-refractivity contribution < 1.29 is 19.4 Å². The van der Waals surface area contributed by atoms with Crippen LogP contribution in [0.2, 0.25) is 0 Å². The third-order valence-corrected chi connectivity index (χ3v) is 3.20. The van der Waals surface area contributed by atoms with Gasteiger partial charge in [-0.1, -0.05) is 20.3 Å². The van der Waals surface area contributed by atoms with E-state index >= 15 is 0 Å². The van der Waals surface area contributed by atoms with Gasteiger partial charge in [0.1, 0.15) is 0 Å². The van der Waals surface area contributed by atoms with E-state index in [9.17, 15) is 9.59 Å². The number of hydrogen-bond donors (Lipinski definition) is 1. The Morgan fingerprint density at radius 3 is 2.45 bits per heavy atom. The first-order chi connectivity index (χ1) is 9.42. The number of amides is 1. The molecule has 6 nitrogen and oxygen atoms in total. The lowest BCUT2D eigenvalue weighted by atomic mass is 10.1. The second-order valence-corrected chi connectivity index (χ2v) is 5.14. The Kier molecular flexibility index (Phi) is 10.0. The molecule has 118 valence electrons. The third kappa shape index (κ3) is 8.12. The first kappa shape index (κ1) is 18.9. The lowest BCUT2D eigenvalue weighted by Crippen LogP contribution is -2.42. The number of unbranched alkanes of at least 4 members (excludes halogenated alkanes) is 1. The molecule has 0 bridgehead atoms. The van der Waals surface area contributed by atoms with Gasteiger partial charge < -0.3 is 14.7 Å². The van der Waals surface area contributed by atoms with E-state index in [1.165, 1.54) is 0 Å². The molecule has 0 aromatic rings. The van der Waals surface area contributed by atoms with E-state index in [0.717, 1.165) is 19.4 Å². The summed E-state index contributed by atoms with van der Waals surface area (Å²) >= 11 is 0. The van der Waals surface area contributed by atoms with Crippen molar-refractivity contribution in [2.75, 3.05) is 46.9 Å². The summed E-state index contributed by atoms with van der Waals surface area (Å²) in [5, 5.41) is 8.96. The number of carbonyl (C=O) groups excluding carboxylic acids is 1. The van der Waals surface area contributed by atoms with Gasteiger partial charge in [0, 0.05) is 33.8 Å². The fraction of sp³-hybridized carbons (Fsp3) is 0.857. The first-order valence-corrected chi connectivity index (χ1v) is 7.10. The van der Waals surface area contributed by atoms with Crippen LogP contribution in [-0.4, -0.2) is 73.7 Å². The highest BCUT2D eigenvalue weighted by Gasteiger charge is 2.19. The largest absolute Gasteiger partial charge is 0.481 e. The first-order valence-electron chi connectivity index (χ1n) is 7.10. The van der Waals surface area contributed by atoms with Crippen molar-refractivity contribution >= 4 is 11.9 Å². The highest BCUT2D eigenvalue weighted by molar-refractivity contribution is 5.78. The maximum Gasteiger partial charge on any atom is 0.307 e. The van der Waals surface area contributed by atoms with Crippen LogP contribution in [0.1, 0.15) is 26.7 Å². The number of carbonyl (C=O) groups is 2. The Hall–Kier alpha value is -1.14. The van der Waals surface area contributed by atoms with Gasteiger partial charge in [0.05, 0.1) is 19.1 Å². The average molecular weight is 288 g/mol. The number of ether oxygens (including phenoxy) is 1. The quantitative estimate of drug-likeness (QED) is 0.612. The van der Waals surface area contributed by atoms with Crippen LogP contribution in [0.25, 0.3) is 0 Å². The molecule has 0 aromatic heterocycles. The van der Waals surface area contributed by atoms with E-state index in [0.29, 0.717) is 19.7 Å². The minimum atomic E-state index is -0.848. The van der Waals surface area contributed by atoms with E-state index in [2.05, 4.69) is 6.92 Å². The molecule has 0 saturated heterocycles. The smallest absolute Gasteiger partial charge is 0.307 e. The van der Waals surface area contributed by atoms with Crippen molar-refractivity contribution in [3.05, 3.63) is 0 Å². The van der Waals surface area contributed by atoms with Gasteiger partial charge in [0.2, 0.25) is 5.91 Å². The Morgan fingerprint density at radius 1 is 1.30 bits per heavy atom. The molecule has 20 heavy (non-hydrogen) atoms. The summed E-state index contributed by atoms with van der Waals surface area (Å²) in [6.45, 7) is 6.10. The monoisotopic (exact) mass is 288 g/mol. The number of likely N-dealkylation sites (N-methyl/N-ethyl adjacent to an activating group) is 1. The van der Waals surface area contributed by atoms with E-state index in [1.54, 1.807) is 26.0 Å². The summed E-state index contributed by atoms with van der Waals surface area (Å²) in [7, 11) is 3.38. The van der Waals surface area contributed by atoms with Crippen LogP contribution in [0.3, 0.4) is 0 Å². The Labute approximate surface area is 121 Å². The zero-order valence-corrected chi connectivity index (χ0v) is 13.1. The van der Waals surface area contributed by atoms with Crippen LogP contribution in [-0.2, 0) is 14.3 Å². The minimum absolute atomic E-state index is 0.0205. The zero-order valence-electron chi connectivity index (χ0n) is 13.1. The van der Waals surface area contributed by atoms with Crippen molar-refractivity contribution in [1.82, 2.24) is 9.80 Å². The fourth-order valence-corrected chi connectivity index (χ4v) is 1.75. The number of carboxylic acids is 1. The van der Waals surface area contributed by atoms with Gasteiger partial charge in [0.25, 0.3) is 0 Å². The topological polar surface area (TPSA) is 70.1 Å². The molecule has 0 aromatic carbocycles. The fourth-order valence-electron chi connectivity index (χ4n) is 1.75. The second kappa shape index (κ2) is 10.6. The molecule has 0 rings (SSSR count). The van der Waals surface area contributed by atoms with Gasteiger partial charge in [-0.25, -0.2) is 0 Å². The SMILES string of the molecule is CCCCN(C)C(=O)CN(CCOC)CC(C)C(=O)O. The Bertz CT molecular complexity index is 297. The summed E-state index contributed by atoms with van der Waals surface area (Å²) < 4.78 is 5.01. The van der Waals surface area contributed by atoms with Crippen molar-refractivity contribution in [3.8, 4) is 0 Å². The number of methoxy groups -OCH3 is 1. The lowest BCUT2D eigenvalue weighted by molar-refractivity contribution is -0.142. The third-order valence-electron chi connectivity index (χ3n) is 3.20. The summed E-state index contributed by atoms with van der Waals surface area (Å²) in [6, 6.07) is 0. The Balaban J connectivity index is 4.39. The normalized spacial score (nSPS) is 12.4.